The predicted octanol–water partition coefficient (Wildman–Crippen LogP) is -0.777. The van der Waals surface area contributed by atoms with Crippen LogP contribution in [0.2, 0.25) is 0 Å². The van der Waals surface area contributed by atoms with Gasteiger partial charge in [0.2, 0.25) is 5.91 Å². The molecule has 0 bridgehead atoms. The molecule has 1 aromatic rings. The number of hydrogen-bond acceptors (Lipinski definition) is 6. The predicted molar refractivity (Wildman–Crippen MR) is 98.1 cm³/mol. The minimum Gasteiger partial charge on any atom is -0.392 e. The van der Waals surface area contributed by atoms with Crippen LogP contribution in [-0.2, 0) is 16.6 Å². The highest BCUT2D eigenvalue weighted by Crippen LogP contribution is 2.27. The molecule has 0 unspecified atom stereocenters. The second kappa shape index (κ2) is 8.81. The van der Waals surface area contributed by atoms with Gasteiger partial charge in [-0.2, -0.15) is 5.10 Å². The number of ether oxygens (including phenoxy) is 1. The number of aliphatic hydroxyl groups excluding tert-OH is 1. The van der Waals surface area contributed by atoms with Crippen LogP contribution in [0.15, 0.2) is 12.3 Å². The Kier molecular flexibility index (Phi) is 6.46. The lowest BCUT2D eigenvalue weighted by Crippen LogP contribution is -2.52. The molecule has 0 spiro atoms. The maximum atomic E-state index is 12.6. The second-order valence-corrected chi connectivity index (χ2v) is 7.25. The number of β-amino-alcohol motifs (C(OH)–C–C–N with tert-alkyl or cyclic N) is 1. The molecule has 3 rings (SSSR count). The number of methoxy groups -OCH3 is 1. The van der Waals surface area contributed by atoms with Crippen LogP contribution in [0.25, 0.3) is 0 Å². The van der Waals surface area contributed by atoms with E-state index in [4.69, 9.17) is 4.74 Å². The first-order valence-electron chi connectivity index (χ1n) is 9.49. The largest absolute Gasteiger partial charge is 0.392 e. The first-order chi connectivity index (χ1) is 13.0. The normalized spacial score (nSPS) is 24.3. The second-order valence-electron chi connectivity index (χ2n) is 7.25. The Morgan fingerprint density at radius 1 is 1.37 bits per heavy atom. The van der Waals surface area contributed by atoms with E-state index in [1.54, 1.807) is 31.1 Å². The topological polar surface area (TPSA) is 99.9 Å². The average Bonchev–Trinajstić information content (AvgIpc) is 3.27. The molecule has 150 valence electrons. The standard InChI is InChI=1S/C18H29N5O4/c1-21-15(3-6-20-21)18(26)22-8-4-13(5-9-22)23-12-14(24)11-16(23)17(25)19-7-10-27-2/h3,6,13-14,16,24H,4-5,7-12H2,1-2H3,(H,19,25)/t14-,16+/m1/s1. The van der Waals surface area contributed by atoms with Gasteiger partial charge in [0.1, 0.15) is 5.69 Å². The summed E-state index contributed by atoms with van der Waals surface area (Å²) in [4.78, 5) is 29.1. The number of aliphatic hydroxyl groups is 1. The van der Waals surface area contributed by atoms with Crippen LogP contribution in [0.3, 0.4) is 0 Å². The molecular formula is C18H29N5O4. The van der Waals surface area contributed by atoms with Crippen molar-refractivity contribution in [3.05, 3.63) is 18.0 Å². The fourth-order valence-electron chi connectivity index (χ4n) is 4.04. The van der Waals surface area contributed by atoms with E-state index >= 15 is 0 Å². The van der Waals surface area contributed by atoms with Crippen molar-refractivity contribution in [3.63, 3.8) is 0 Å². The van der Waals surface area contributed by atoms with E-state index in [0.717, 1.165) is 12.8 Å². The zero-order chi connectivity index (χ0) is 19.4. The van der Waals surface area contributed by atoms with Crippen LogP contribution < -0.4 is 5.32 Å². The van der Waals surface area contributed by atoms with Gasteiger partial charge in [0.05, 0.1) is 18.8 Å². The number of rotatable bonds is 6. The molecule has 2 saturated heterocycles. The molecule has 2 N–H and O–H groups in total. The van der Waals surface area contributed by atoms with Gasteiger partial charge in [-0.05, 0) is 25.3 Å². The molecule has 0 radical (unpaired) electrons. The molecule has 9 nitrogen and oxygen atoms in total. The maximum Gasteiger partial charge on any atom is 0.272 e. The van der Waals surface area contributed by atoms with Gasteiger partial charge in [-0.1, -0.05) is 0 Å². The van der Waals surface area contributed by atoms with Crippen molar-refractivity contribution in [1.29, 1.82) is 0 Å². The molecule has 1 aromatic heterocycles. The maximum absolute atomic E-state index is 12.6. The van der Waals surface area contributed by atoms with Crippen LogP contribution in [0.1, 0.15) is 29.8 Å². The third-order valence-electron chi connectivity index (χ3n) is 5.49. The molecule has 0 aromatic carbocycles. The highest BCUT2D eigenvalue weighted by molar-refractivity contribution is 5.92. The summed E-state index contributed by atoms with van der Waals surface area (Å²) < 4.78 is 6.56. The smallest absolute Gasteiger partial charge is 0.272 e. The number of nitrogens with one attached hydrogen (secondary N) is 1. The van der Waals surface area contributed by atoms with E-state index in [9.17, 15) is 14.7 Å². The van der Waals surface area contributed by atoms with Gasteiger partial charge >= 0.3 is 0 Å². The van der Waals surface area contributed by atoms with E-state index in [1.807, 2.05) is 4.90 Å². The summed E-state index contributed by atoms with van der Waals surface area (Å²) in [5, 5.41) is 17.0. The summed E-state index contributed by atoms with van der Waals surface area (Å²) in [7, 11) is 3.36. The Bertz CT molecular complexity index is 656. The van der Waals surface area contributed by atoms with E-state index in [2.05, 4.69) is 15.3 Å². The van der Waals surface area contributed by atoms with Crippen molar-refractivity contribution >= 4 is 11.8 Å². The van der Waals surface area contributed by atoms with Crippen molar-refractivity contribution in [2.45, 2.75) is 37.5 Å². The zero-order valence-electron chi connectivity index (χ0n) is 16.0. The molecule has 2 fully saturated rings. The Hall–Kier alpha value is -1.97. The van der Waals surface area contributed by atoms with Gasteiger partial charge in [0, 0.05) is 52.6 Å². The summed E-state index contributed by atoms with van der Waals surface area (Å²) >= 11 is 0. The highest BCUT2D eigenvalue weighted by Gasteiger charge is 2.41. The molecule has 2 aliphatic heterocycles. The minimum atomic E-state index is -0.489. The quantitative estimate of drug-likeness (QED) is 0.629. The van der Waals surface area contributed by atoms with E-state index in [1.165, 1.54) is 0 Å². The van der Waals surface area contributed by atoms with Crippen LogP contribution >= 0.6 is 0 Å². The highest BCUT2D eigenvalue weighted by atomic mass is 16.5. The molecular weight excluding hydrogens is 350 g/mol. The zero-order valence-corrected chi connectivity index (χ0v) is 16.0. The first kappa shape index (κ1) is 19.8. The lowest BCUT2D eigenvalue weighted by atomic mass is 10.0. The van der Waals surface area contributed by atoms with Crippen molar-refractivity contribution in [3.8, 4) is 0 Å². The number of aryl methyl sites for hydroxylation is 1. The molecule has 2 amide bonds. The summed E-state index contributed by atoms with van der Waals surface area (Å²) in [6.45, 7) is 2.71. The van der Waals surface area contributed by atoms with Gasteiger partial charge < -0.3 is 20.1 Å². The summed E-state index contributed by atoms with van der Waals surface area (Å²) in [5.41, 5.74) is 0.584. The van der Waals surface area contributed by atoms with Gasteiger partial charge in [0.15, 0.2) is 0 Å². The number of nitrogens with zero attached hydrogens (tertiary/aromatic N) is 4. The molecule has 3 heterocycles. The number of hydrogen-bond donors (Lipinski definition) is 2. The van der Waals surface area contributed by atoms with Crippen molar-refractivity contribution in [2.24, 2.45) is 7.05 Å². The molecule has 0 aliphatic carbocycles. The lowest BCUT2D eigenvalue weighted by Gasteiger charge is -2.38. The Balaban J connectivity index is 1.56. The van der Waals surface area contributed by atoms with Crippen molar-refractivity contribution < 1.29 is 19.4 Å². The van der Waals surface area contributed by atoms with Crippen LogP contribution in [0, 0.1) is 0 Å². The number of carbonyl (C=O) groups is 2. The van der Waals surface area contributed by atoms with Gasteiger partial charge in [-0.25, -0.2) is 0 Å². The van der Waals surface area contributed by atoms with Gasteiger partial charge in [-0.15, -0.1) is 0 Å². The van der Waals surface area contributed by atoms with E-state index in [0.29, 0.717) is 44.9 Å². The Morgan fingerprint density at radius 3 is 2.74 bits per heavy atom. The van der Waals surface area contributed by atoms with Crippen LogP contribution in [0.5, 0.6) is 0 Å². The Morgan fingerprint density at radius 2 is 2.11 bits per heavy atom. The average molecular weight is 379 g/mol. The first-order valence-corrected chi connectivity index (χ1v) is 9.49. The lowest BCUT2D eigenvalue weighted by molar-refractivity contribution is -0.126. The van der Waals surface area contributed by atoms with E-state index in [-0.39, 0.29) is 23.9 Å². The number of amides is 2. The summed E-state index contributed by atoms with van der Waals surface area (Å²) in [6, 6.07) is 1.60. The fraction of sp³-hybridized carbons (Fsp3) is 0.722. The van der Waals surface area contributed by atoms with Gasteiger partial charge in [-0.3, -0.25) is 19.2 Å². The van der Waals surface area contributed by atoms with Crippen LogP contribution in [-0.4, -0.2) is 94.6 Å². The van der Waals surface area contributed by atoms with E-state index < -0.39 is 6.10 Å². The third kappa shape index (κ3) is 4.48. The molecule has 2 atom stereocenters. The molecule has 27 heavy (non-hydrogen) atoms. The SMILES string of the molecule is COCCNC(=O)[C@@H]1C[C@@H](O)CN1C1CCN(C(=O)c2ccnn2C)CC1. The molecule has 9 heteroatoms. The summed E-state index contributed by atoms with van der Waals surface area (Å²) in [6.07, 6.45) is 3.17. The number of piperidine rings is 1. The minimum absolute atomic E-state index is 0.0104. The Labute approximate surface area is 159 Å². The van der Waals surface area contributed by atoms with Crippen molar-refractivity contribution in [1.82, 2.24) is 24.9 Å². The molecule has 0 saturated carbocycles. The third-order valence-corrected chi connectivity index (χ3v) is 5.49. The fourth-order valence-corrected chi connectivity index (χ4v) is 4.04. The number of aromatic nitrogens is 2. The number of carbonyl (C=O) groups excluding carboxylic acids is 2. The monoisotopic (exact) mass is 379 g/mol. The summed E-state index contributed by atoms with van der Waals surface area (Å²) in [5.74, 6) is -0.0687. The molecule has 2 aliphatic rings. The van der Waals surface area contributed by atoms with Gasteiger partial charge in [0.25, 0.3) is 5.91 Å². The number of likely N-dealkylation sites (tertiary alicyclic amines) is 2. The van der Waals surface area contributed by atoms with Crippen molar-refractivity contribution in [2.75, 3.05) is 39.9 Å². The van der Waals surface area contributed by atoms with Crippen LogP contribution in [0.4, 0.5) is 0 Å².